The predicted molar refractivity (Wildman–Crippen MR) is 81.3 cm³/mol. The first-order valence-electron chi connectivity index (χ1n) is 5.82. The van der Waals surface area contributed by atoms with Crippen LogP contribution in [0.1, 0.15) is 17.2 Å². The second-order valence-corrected chi connectivity index (χ2v) is 5.45. The number of methoxy groups -OCH3 is 1. The van der Waals surface area contributed by atoms with Crippen molar-refractivity contribution in [2.45, 2.75) is 6.04 Å². The molecule has 0 aliphatic heterocycles. The maximum atomic E-state index is 14.4. The number of hydrogen-bond acceptors (Lipinski definition) is 3. The van der Waals surface area contributed by atoms with Crippen LogP contribution in [-0.4, -0.2) is 7.11 Å². The van der Waals surface area contributed by atoms with Gasteiger partial charge < -0.3 is 4.74 Å². The van der Waals surface area contributed by atoms with Crippen LogP contribution in [0.25, 0.3) is 0 Å². The SMILES string of the molecule is COc1cccc(C(NN)c2cc(Br)ccc2Cl)c1F. The summed E-state index contributed by atoms with van der Waals surface area (Å²) in [5.74, 6) is 5.28. The van der Waals surface area contributed by atoms with Gasteiger partial charge in [-0.25, -0.2) is 9.82 Å². The van der Waals surface area contributed by atoms with E-state index in [0.717, 1.165) is 4.47 Å². The standard InChI is InChI=1S/C14H13BrClFN2O/c1-20-12-4-2-3-9(13(12)17)14(19-18)10-7-8(15)5-6-11(10)16/h2-7,14,19H,18H2,1H3. The number of nitrogens with two attached hydrogens (primary N) is 1. The number of hydrazine groups is 1. The van der Waals surface area contributed by atoms with Gasteiger partial charge in [-0.1, -0.05) is 39.7 Å². The molecule has 0 spiro atoms. The Morgan fingerprint density at radius 1 is 1.30 bits per heavy atom. The highest BCUT2D eigenvalue weighted by Crippen LogP contribution is 2.33. The summed E-state index contributed by atoms with van der Waals surface area (Å²) in [7, 11) is 1.42. The highest BCUT2D eigenvalue weighted by atomic mass is 79.9. The Morgan fingerprint density at radius 3 is 2.70 bits per heavy atom. The summed E-state index contributed by atoms with van der Waals surface area (Å²) in [4.78, 5) is 0. The summed E-state index contributed by atoms with van der Waals surface area (Å²) in [6.07, 6.45) is 0. The molecular formula is C14H13BrClFN2O. The molecule has 0 saturated carbocycles. The van der Waals surface area contributed by atoms with Gasteiger partial charge in [-0.15, -0.1) is 0 Å². The van der Waals surface area contributed by atoms with Gasteiger partial charge in [-0.2, -0.15) is 0 Å². The maximum Gasteiger partial charge on any atom is 0.170 e. The molecule has 0 heterocycles. The number of halogens is 3. The number of ether oxygens (including phenoxy) is 1. The van der Waals surface area contributed by atoms with Crippen molar-refractivity contribution in [3.05, 3.63) is 62.8 Å². The van der Waals surface area contributed by atoms with Crippen molar-refractivity contribution in [2.24, 2.45) is 5.84 Å². The van der Waals surface area contributed by atoms with Crippen LogP contribution in [0.2, 0.25) is 5.02 Å². The topological polar surface area (TPSA) is 47.3 Å². The predicted octanol–water partition coefficient (Wildman–Crippen LogP) is 3.80. The van der Waals surface area contributed by atoms with Gasteiger partial charge in [0.15, 0.2) is 11.6 Å². The molecule has 0 aliphatic carbocycles. The van der Waals surface area contributed by atoms with E-state index in [-0.39, 0.29) is 5.75 Å². The van der Waals surface area contributed by atoms with Crippen molar-refractivity contribution in [3.8, 4) is 5.75 Å². The van der Waals surface area contributed by atoms with E-state index in [1.807, 2.05) is 0 Å². The third kappa shape index (κ3) is 2.96. The zero-order chi connectivity index (χ0) is 14.7. The van der Waals surface area contributed by atoms with Crippen LogP contribution in [-0.2, 0) is 0 Å². The van der Waals surface area contributed by atoms with Gasteiger partial charge in [-0.3, -0.25) is 5.84 Å². The van der Waals surface area contributed by atoms with Crippen LogP contribution < -0.4 is 16.0 Å². The normalized spacial score (nSPS) is 12.2. The van der Waals surface area contributed by atoms with Crippen molar-refractivity contribution >= 4 is 27.5 Å². The van der Waals surface area contributed by atoms with Gasteiger partial charge in [0.2, 0.25) is 0 Å². The molecule has 106 valence electrons. The Labute approximate surface area is 130 Å². The molecule has 3 N–H and O–H groups in total. The van der Waals surface area contributed by atoms with Crippen molar-refractivity contribution in [1.29, 1.82) is 0 Å². The Morgan fingerprint density at radius 2 is 2.05 bits per heavy atom. The third-order valence-electron chi connectivity index (χ3n) is 2.96. The molecule has 6 heteroatoms. The summed E-state index contributed by atoms with van der Waals surface area (Å²) >= 11 is 9.54. The average Bonchev–Trinajstić information content (AvgIpc) is 2.45. The van der Waals surface area contributed by atoms with Crippen molar-refractivity contribution in [3.63, 3.8) is 0 Å². The van der Waals surface area contributed by atoms with E-state index < -0.39 is 11.9 Å². The van der Waals surface area contributed by atoms with Gasteiger partial charge in [0.1, 0.15) is 0 Å². The van der Waals surface area contributed by atoms with E-state index in [1.165, 1.54) is 7.11 Å². The van der Waals surface area contributed by atoms with Crippen LogP contribution in [0.15, 0.2) is 40.9 Å². The number of nitrogens with one attached hydrogen (secondary N) is 1. The smallest absolute Gasteiger partial charge is 0.170 e. The number of hydrogen-bond donors (Lipinski definition) is 2. The fourth-order valence-corrected chi connectivity index (χ4v) is 2.60. The molecule has 0 aromatic heterocycles. The molecule has 1 unspecified atom stereocenters. The lowest BCUT2D eigenvalue weighted by Crippen LogP contribution is -2.29. The first-order chi connectivity index (χ1) is 9.58. The highest BCUT2D eigenvalue weighted by Gasteiger charge is 2.21. The van der Waals surface area contributed by atoms with E-state index in [9.17, 15) is 4.39 Å². The van der Waals surface area contributed by atoms with E-state index in [2.05, 4.69) is 21.4 Å². The monoisotopic (exact) mass is 358 g/mol. The van der Waals surface area contributed by atoms with Crippen LogP contribution in [0, 0.1) is 5.82 Å². The van der Waals surface area contributed by atoms with Crippen LogP contribution in [0.3, 0.4) is 0 Å². The molecule has 2 rings (SSSR count). The second-order valence-electron chi connectivity index (χ2n) is 4.13. The molecular weight excluding hydrogens is 347 g/mol. The molecule has 1 atom stereocenters. The van der Waals surface area contributed by atoms with E-state index >= 15 is 0 Å². The van der Waals surface area contributed by atoms with Gasteiger partial charge >= 0.3 is 0 Å². The number of benzene rings is 2. The van der Waals surface area contributed by atoms with Crippen LogP contribution >= 0.6 is 27.5 Å². The molecule has 2 aromatic carbocycles. The fraction of sp³-hybridized carbons (Fsp3) is 0.143. The first kappa shape index (κ1) is 15.3. The Hall–Kier alpha value is -1.14. The summed E-state index contributed by atoms with van der Waals surface area (Å²) < 4.78 is 20.2. The first-order valence-corrected chi connectivity index (χ1v) is 6.99. The molecule has 3 nitrogen and oxygen atoms in total. The van der Waals surface area contributed by atoms with Gasteiger partial charge in [0, 0.05) is 15.1 Å². The lowest BCUT2D eigenvalue weighted by Gasteiger charge is -2.20. The summed E-state index contributed by atoms with van der Waals surface area (Å²) in [6, 6.07) is 9.65. The van der Waals surface area contributed by atoms with Gasteiger partial charge in [0.05, 0.1) is 13.2 Å². The van der Waals surface area contributed by atoms with Crippen LogP contribution in [0.4, 0.5) is 4.39 Å². The quantitative estimate of drug-likeness (QED) is 0.645. The minimum Gasteiger partial charge on any atom is -0.494 e. The van der Waals surface area contributed by atoms with Crippen LogP contribution in [0.5, 0.6) is 5.75 Å². The van der Waals surface area contributed by atoms with Gasteiger partial charge in [0.25, 0.3) is 0 Å². The number of rotatable bonds is 4. The zero-order valence-corrected chi connectivity index (χ0v) is 13.0. The van der Waals surface area contributed by atoms with Crippen molar-refractivity contribution in [1.82, 2.24) is 5.43 Å². The molecule has 2 aromatic rings. The highest BCUT2D eigenvalue weighted by molar-refractivity contribution is 9.10. The van der Waals surface area contributed by atoms with E-state index in [1.54, 1.807) is 36.4 Å². The summed E-state index contributed by atoms with van der Waals surface area (Å²) in [6.45, 7) is 0. The van der Waals surface area contributed by atoms with Crippen molar-refractivity contribution < 1.29 is 9.13 Å². The molecule has 0 bridgehead atoms. The Balaban J connectivity index is 2.55. The second kappa shape index (κ2) is 6.54. The third-order valence-corrected chi connectivity index (χ3v) is 3.80. The fourth-order valence-electron chi connectivity index (χ4n) is 1.99. The van der Waals surface area contributed by atoms with Crippen molar-refractivity contribution in [2.75, 3.05) is 7.11 Å². The van der Waals surface area contributed by atoms with E-state index in [0.29, 0.717) is 16.1 Å². The molecule has 0 fully saturated rings. The van der Waals surface area contributed by atoms with Gasteiger partial charge in [-0.05, 0) is 29.8 Å². The minimum atomic E-state index is -0.574. The Kier molecular flexibility index (Phi) is 4.99. The largest absolute Gasteiger partial charge is 0.494 e. The zero-order valence-electron chi connectivity index (χ0n) is 10.7. The summed E-state index contributed by atoms with van der Waals surface area (Å²) in [5, 5.41) is 0.498. The molecule has 0 saturated heterocycles. The summed E-state index contributed by atoms with van der Waals surface area (Å²) in [5.41, 5.74) is 3.64. The lowest BCUT2D eigenvalue weighted by molar-refractivity contribution is 0.381. The minimum absolute atomic E-state index is 0.161. The average molecular weight is 360 g/mol. The lowest BCUT2D eigenvalue weighted by atomic mass is 9.98. The molecule has 20 heavy (non-hydrogen) atoms. The molecule has 0 aliphatic rings. The van der Waals surface area contributed by atoms with E-state index in [4.69, 9.17) is 22.2 Å². The maximum absolute atomic E-state index is 14.4. The molecule has 0 radical (unpaired) electrons. The Bertz CT molecular complexity index is 624. The molecule has 0 amide bonds.